The number of carbonyl (C=O) groups excluding carboxylic acids is 1. The van der Waals surface area contributed by atoms with Crippen molar-refractivity contribution in [2.75, 3.05) is 31.6 Å². The van der Waals surface area contributed by atoms with Crippen molar-refractivity contribution in [2.45, 2.75) is 19.8 Å². The minimum atomic E-state index is -0.0233. The van der Waals surface area contributed by atoms with Crippen LogP contribution in [0.2, 0.25) is 5.15 Å². The first-order chi connectivity index (χ1) is 9.63. The molecule has 1 aromatic heterocycles. The molecule has 2 heterocycles. The lowest BCUT2D eigenvalue weighted by Crippen LogP contribution is -2.39. The summed E-state index contributed by atoms with van der Waals surface area (Å²) in [6.07, 6.45) is 1.70. The molecule has 0 aromatic carbocycles. The van der Waals surface area contributed by atoms with E-state index in [1.807, 2.05) is 11.8 Å². The van der Waals surface area contributed by atoms with Crippen molar-refractivity contribution in [2.24, 2.45) is 5.92 Å². The van der Waals surface area contributed by atoms with Gasteiger partial charge in [0.1, 0.15) is 11.0 Å². The lowest BCUT2D eigenvalue weighted by atomic mass is 9.97. The van der Waals surface area contributed by atoms with Crippen molar-refractivity contribution in [3.8, 4) is 0 Å². The molecule has 20 heavy (non-hydrogen) atoms. The zero-order chi connectivity index (χ0) is 14.5. The summed E-state index contributed by atoms with van der Waals surface area (Å²) in [5, 5.41) is 12.5. The van der Waals surface area contributed by atoms with Crippen LogP contribution in [0.5, 0.6) is 0 Å². The number of aromatic nitrogens is 1. The molecule has 2 rings (SSSR count). The van der Waals surface area contributed by atoms with E-state index in [-0.39, 0.29) is 12.5 Å². The normalized spacial score (nSPS) is 16.2. The number of rotatable bonds is 4. The Hall–Kier alpha value is -1.33. The fourth-order valence-corrected chi connectivity index (χ4v) is 2.60. The van der Waals surface area contributed by atoms with E-state index in [1.165, 1.54) is 0 Å². The zero-order valence-corrected chi connectivity index (χ0v) is 12.4. The number of carbonyl (C=O) groups is 1. The van der Waals surface area contributed by atoms with Crippen LogP contribution in [0.25, 0.3) is 0 Å². The number of nitrogens with one attached hydrogen (secondary N) is 1. The van der Waals surface area contributed by atoms with Gasteiger partial charge in [0.15, 0.2) is 0 Å². The fraction of sp³-hybridized carbons (Fsp3) is 0.571. The van der Waals surface area contributed by atoms with Crippen LogP contribution >= 0.6 is 11.6 Å². The molecule has 0 radical (unpaired) electrons. The van der Waals surface area contributed by atoms with Crippen molar-refractivity contribution in [1.29, 1.82) is 0 Å². The van der Waals surface area contributed by atoms with Gasteiger partial charge < -0.3 is 15.3 Å². The van der Waals surface area contributed by atoms with Gasteiger partial charge in [0.05, 0.1) is 0 Å². The van der Waals surface area contributed by atoms with Gasteiger partial charge in [-0.05, 0) is 37.8 Å². The van der Waals surface area contributed by atoms with E-state index < -0.39 is 0 Å². The highest BCUT2D eigenvalue weighted by Gasteiger charge is 2.23. The monoisotopic (exact) mass is 297 g/mol. The molecule has 6 heteroatoms. The van der Waals surface area contributed by atoms with Crippen LogP contribution in [-0.4, -0.2) is 47.1 Å². The molecule has 1 fully saturated rings. The van der Waals surface area contributed by atoms with Crippen LogP contribution < -0.4 is 5.32 Å². The van der Waals surface area contributed by atoms with Crippen molar-refractivity contribution in [3.63, 3.8) is 0 Å². The molecule has 1 aromatic rings. The van der Waals surface area contributed by atoms with E-state index in [0.717, 1.165) is 19.4 Å². The van der Waals surface area contributed by atoms with E-state index in [1.54, 1.807) is 12.1 Å². The highest BCUT2D eigenvalue weighted by molar-refractivity contribution is 6.29. The first-order valence-corrected chi connectivity index (χ1v) is 7.33. The minimum absolute atomic E-state index is 0.0233. The number of likely N-dealkylation sites (tertiary alicyclic amines) is 1. The Morgan fingerprint density at radius 2 is 2.20 bits per heavy atom. The standard InChI is InChI=1S/C14H20ClN3O2/c1-2-16-13-8-11(7-12(15)17-13)14(20)18-5-3-10(9-19)4-6-18/h7-8,10,19H,2-6,9H2,1H3,(H,16,17). The molecule has 2 N–H and O–H groups in total. The largest absolute Gasteiger partial charge is 0.396 e. The quantitative estimate of drug-likeness (QED) is 0.835. The predicted octanol–water partition coefficient (Wildman–Crippen LogP) is 2.01. The lowest BCUT2D eigenvalue weighted by molar-refractivity contribution is 0.0651. The summed E-state index contributed by atoms with van der Waals surface area (Å²) in [5.41, 5.74) is 0.559. The third-order valence-corrected chi connectivity index (χ3v) is 3.75. The highest BCUT2D eigenvalue weighted by Crippen LogP contribution is 2.21. The number of hydrogen-bond acceptors (Lipinski definition) is 4. The SMILES string of the molecule is CCNc1cc(C(=O)N2CCC(CO)CC2)cc(Cl)n1. The molecular weight excluding hydrogens is 278 g/mol. The van der Waals surface area contributed by atoms with Crippen molar-refractivity contribution in [3.05, 3.63) is 22.8 Å². The topological polar surface area (TPSA) is 65.5 Å². The summed E-state index contributed by atoms with van der Waals surface area (Å²) in [4.78, 5) is 18.4. The molecule has 110 valence electrons. The number of pyridine rings is 1. The molecule has 0 bridgehead atoms. The molecule has 5 nitrogen and oxygen atoms in total. The first kappa shape index (κ1) is 15.1. The number of amides is 1. The van der Waals surface area contributed by atoms with Gasteiger partial charge in [-0.3, -0.25) is 4.79 Å². The van der Waals surface area contributed by atoms with Crippen LogP contribution in [0.1, 0.15) is 30.1 Å². The molecule has 0 saturated carbocycles. The van der Waals surface area contributed by atoms with Gasteiger partial charge in [-0.2, -0.15) is 0 Å². The summed E-state index contributed by atoms with van der Waals surface area (Å²) in [6, 6.07) is 3.33. The fourth-order valence-electron chi connectivity index (χ4n) is 2.39. The maximum atomic E-state index is 12.5. The number of aliphatic hydroxyl groups is 1. The number of anilines is 1. The van der Waals surface area contributed by atoms with Crippen LogP contribution in [0.4, 0.5) is 5.82 Å². The molecule has 1 saturated heterocycles. The van der Waals surface area contributed by atoms with Crippen molar-refractivity contribution >= 4 is 23.3 Å². The van der Waals surface area contributed by atoms with Crippen LogP contribution in [0.3, 0.4) is 0 Å². The van der Waals surface area contributed by atoms with E-state index in [0.29, 0.717) is 35.5 Å². The van der Waals surface area contributed by atoms with Gasteiger partial charge in [-0.25, -0.2) is 4.98 Å². The van der Waals surface area contributed by atoms with Crippen molar-refractivity contribution < 1.29 is 9.90 Å². The van der Waals surface area contributed by atoms with E-state index in [9.17, 15) is 4.79 Å². The van der Waals surface area contributed by atoms with Gasteiger partial charge in [0.2, 0.25) is 0 Å². The van der Waals surface area contributed by atoms with E-state index in [4.69, 9.17) is 16.7 Å². The molecule has 1 amide bonds. The first-order valence-electron chi connectivity index (χ1n) is 6.95. The second kappa shape index (κ2) is 6.90. The number of nitrogens with zero attached hydrogens (tertiary/aromatic N) is 2. The second-order valence-corrected chi connectivity index (χ2v) is 5.40. The molecule has 0 aliphatic carbocycles. The van der Waals surface area contributed by atoms with Crippen LogP contribution in [0.15, 0.2) is 12.1 Å². The molecule has 0 unspecified atom stereocenters. The highest BCUT2D eigenvalue weighted by atomic mass is 35.5. The number of aliphatic hydroxyl groups excluding tert-OH is 1. The molecule has 0 atom stereocenters. The van der Waals surface area contributed by atoms with Gasteiger partial charge >= 0.3 is 0 Å². The Bertz CT molecular complexity index is 473. The van der Waals surface area contributed by atoms with Gasteiger partial charge in [0, 0.05) is 31.8 Å². The number of piperidine rings is 1. The van der Waals surface area contributed by atoms with Gasteiger partial charge in [0.25, 0.3) is 5.91 Å². The molecule has 0 spiro atoms. The summed E-state index contributed by atoms with van der Waals surface area (Å²) in [6.45, 7) is 4.25. The van der Waals surface area contributed by atoms with E-state index in [2.05, 4.69) is 10.3 Å². The Balaban J connectivity index is 2.09. The van der Waals surface area contributed by atoms with Crippen LogP contribution in [0, 0.1) is 5.92 Å². The summed E-state index contributed by atoms with van der Waals surface area (Å²) in [7, 11) is 0. The Kier molecular flexibility index (Phi) is 5.20. The Morgan fingerprint density at radius 1 is 1.50 bits per heavy atom. The lowest BCUT2D eigenvalue weighted by Gasteiger charge is -2.31. The average molecular weight is 298 g/mol. The minimum Gasteiger partial charge on any atom is -0.396 e. The predicted molar refractivity (Wildman–Crippen MR) is 79.1 cm³/mol. The van der Waals surface area contributed by atoms with Gasteiger partial charge in [-0.15, -0.1) is 0 Å². The molecule has 1 aliphatic heterocycles. The molecular formula is C14H20ClN3O2. The van der Waals surface area contributed by atoms with E-state index >= 15 is 0 Å². The number of halogens is 1. The Morgan fingerprint density at radius 3 is 2.80 bits per heavy atom. The third-order valence-electron chi connectivity index (χ3n) is 3.56. The Labute approximate surface area is 123 Å². The summed E-state index contributed by atoms with van der Waals surface area (Å²) < 4.78 is 0. The van der Waals surface area contributed by atoms with Crippen LogP contribution in [-0.2, 0) is 0 Å². The maximum absolute atomic E-state index is 12.5. The third kappa shape index (κ3) is 3.61. The smallest absolute Gasteiger partial charge is 0.254 e. The van der Waals surface area contributed by atoms with Gasteiger partial charge in [-0.1, -0.05) is 11.6 Å². The second-order valence-electron chi connectivity index (χ2n) is 5.01. The molecule has 1 aliphatic rings. The summed E-state index contributed by atoms with van der Waals surface area (Å²) >= 11 is 5.96. The summed E-state index contributed by atoms with van der Waals surface area (Å²) in [5.74, 6) is 0.913. The average Bonchev–Trinajstić information content (AvgIpc) is 2.46. The number of hydrogen-bond donors (Lipinski definition) is 2. The maximum Gasteiger partial charge on any atom is 0.254 e. The van der Waals surface area contributed by atoms with Crippen molar-refractivity contribution in [1.82, 2.24) is 9.88 Å². The zero-order valence-electron chi connectivity index (χ0n) is 11.6.